The number of benzene rings is 1. The molecule has 0 heterocycles. The first-order valence-corrected chi connectivity index (χ1v) is 3.59. The van der Waals surface area contributed by atoms with Gasteiger partial charge in [0.25, 0.3) is 0 Å². The number of carbonyl (C=O) groups excluding carboxylic acids is 1. The predicted molar refractivity (Wildman–Crippen MR) is 48.8 cm³/mol. The summed E-state index contributed by atoms with van der Waals surface area (Å²) < 4.78 is 0. The minimum Gasteiger partial charge on any atom is -0.351 e. The number of nitrogens with two attached hydrogens (primary N) is 1. The van der Waals surface area contributed by atoms with E-state index in [1.807, 2.05) is 19.1 Å². The lowest BCUT2D eigenvalue weighted by atomic mass is 10.1. The second-order valence-electron chi connectivity index (χ2n) is 2.59. The van der Waals surface area contributed by atoms with Crippen molar-refractivity contribution in [3.63, 3.8) is 0 Å². The summed E-state index contributed by atoms with van der Waals surface area (Å²) in [5, 5.41) is 2.49. The molecule has 0 saturated heterocycles. The molecule has 0 fully saturated rings. The predicted octanol–water partition coefficient (Wildman–Crippen LogP) is 1.67. The minimum atomic E-state index is -0.564. The fourth-order valence-corrected chi connectivity index (χ4v) is 0.952. The van der Waals surface area contributed by atoms with E-state index in [4.69, 9.17) is 5.73 Å². The quantitative estimate of drug-likeness (QED) is 0.650. The van der Waals surface area contributed by atoms with Crippen LogP contribution in [-0.2, 0) is 0 Å². The van der Waals surface area contributed by atoms with Crippen molar-refractivity contribution in [1.82, 2.24) is 0 Å². The number of amides is 2. The van der Waals surface area contributed by atoms with Crippen molar-refractivity contribution in [1.29, 1.82) is 0 Å². The largest absolute Gasteiger partial charge is 0.351 e. The van der Waals surface area contributed by atoms with E-state index in [9.17, 15) is 4.79 Å². The summed E-state index contributed by atoms with van der Waals surface area (Å²) >= 11 is 0. The fraction of sp³-hybridized carbons (Fsp3) is 0.111. The average Bonchev–Trinajstić information content (AvgIpc) is 1.98. The first-order chi connectivity index (χ1) is 5.61. The summed E-state index contributed by atoms with van der Waals surface area (Å²) in [6, 6.07) is 4.97. The zero-order chi connectivity index (χ0) is 9.14. The molecule has 0 saturated carbocycles. The van der Waals surface area contributed by atoms with Crippen LogP contribution >= 0.6 is 0 Å². The molecule has 63 valence electrons. The standard InChI is InChI=1S/C9H11N2O/c1-6-4-3-5-8(7(6)2)11-9(10)12/h3-5H,2H2,1H3,(H3,10,11,12). The highest BCUT2D eigenvalue weighted by atomic mass is 16.2. The number of hydrogen-bond donors (Lipinski definition) is 2. The van der Waals surface area contributed by atoms with Crippen molar-refractivity contribution in [2.45, 2.75) is 6.92 Å². The summed E-state index contributed by atoms with van der Waals surface area (Å²) in [4.78, 5) is 10.5. The molecule has 0 aliphatic heterocycles. The molecule has 3 nitrogen and oxygen atoms in total. The van der Waals surface area contributed by atoms with Crippen LogP contribution in [-0.4, -0.2) is 6.03 Å². The van der Waals surface area contributed by atoms with Gasteiger partial charge >= 0.3 is 6.03 Å². The van der Waals surface area contributed by atoms with Gasteiger partial charge in [-0.2, -0.15) is 0 Å². The van der Waals surface area contributed by atoms with Crippen molar-refractivity contribution >= 4 is 11.7 Å². The molecule has 0 unspecified atom stereocenters. The third kappa shape index (κ3) is 1.75. The van der Waals surface area contributed by atoms with Gasteiger partial charge in [0, 0.05) is 5.69 Å². The Balaban J connectivity index is 3.00. The van der Waals surface area contributed by atoms with Crippen molar-refractivity contribution < 1.29 is 4.79 Å². The first-order valence-electron chi connectivity index (χ1n) is 3.59. The fourth-order valence-electron chi connectivity index (χ4n) is 0.952. The number of nitrogens with one attached hydrogen (secondary N) is 1. The van der Waals surface area contributed by atoms with E-state index < -0.39 is 6.03 Å². The SMILES string of the molecule is [CH2]c1c(C)cccc1NC(N)=O. The minimum absolute atomic E-state index is 0.564. The molecule has 1 aromatic carbocycles. The number of urea groups is 1. The number of hydrogen-bond acceptors (Lipinski definition) is 1. The molecule has 1 rings (SSSR count). The zero-order valence-corrected chi connectivity index (χ0v) is 6.92. The number of primary amides is 1. The Kier molecular flexibility index (Phi) is 2.33. The highest BCUT2D eigenvalue weighted by Gasteiger charge is 2.01. The van der Waals surface area contributed by atoms with Crippen LogP contribution in [0.15, 0.2) is 18.2 Å². The lowest BCUT2D eigenvalue weighted by Crippen LogP contribution is -2.19. The normalized spacial score (nSPS) is 9.50. The molecule has 2 amide bonds. The molecule has 1 aromatic rings. The Morgan fingerprint density at radius 1 is 1.58 bits per heavy atom. The van der Waals surface area contributed by atoms with Gasteiger partial charge in [0.2, 0.25) is 0 Å². The average molecular weight is 163 g/mol. The van der Waals surface area contributed by atoms with Crippen molar-refractivity contribution in [3.8, 4) is 0 Å². The van der Waals surface area contributed by atoms with E-state index in [0.29, 0.717) is 5.69 Å². The monoisotopic (exact) mass is 163 g/mol. The summed E-state index contributed by atoms with van der Waals surface area (Å²) in [6.07, 6.45) is 0. The Morgan fingerprint density at radius 2 is 2.25 bits per heavy atom. The molecule has 0 aromatic heterocycles. The number of rotatable bonds is 1. The van der Waals surface area contributed by atoms with E-state index in [2.05, 4.69) is 12.2 Å². The van der Waals surface area contributed by atoms with E-state index in [1.54, 1.807) is 6.07 Å². The first kappa shape index (κ1) is 8.59. The Morgan fingerprint density at radius 3 is 2.83 bits per heavy atom. The molecule has 0 bridgehead atoms. The topological polar surface area (TPSA) is 55.1 Å². The van der Waals surface area contributed by atoms with Crippen molar-refractivity contribution in [2.24, 2.45) is 5.73 Å². The molecule has 12 heavy (non-hydrogen) atoms. The van der Waals surface area contributed by atoms with Crippen LogP contribution in [0, 0.1) is 13.8 Å². The van der Waals surface area contributed by atoms with Gasteiger partial charge in [-0.05, 0) is 31.0 Å². The molecule has 3 heteroatoms. The van der Waals surface area contributed by atoms with Crippen molar-refractivity contribution in [3.05, 3.63) is 36.2 Å². The van der Waals surface area contributed by atoms with E-state index in [1.165, 1.54) is 0 Å². The second kappa shape index (κ2) is 3.26. The van der Waals surface area contributed by atoms with Gasteiger partial charge in [-0.3, -0.25) is 0 Å². The van der Waals surface area contributed by atoms with Crippen LogP contribution in [0.1, 0.15) is 11.1 Å². The van der Waals surface area contributed by atoms with Gasteiger partial charge in [0.15, 0.2) is 0 Å². The zero-order valence-electron chi connectivity index (χ0n) is 6.92. The number of aryl methyl sites for hydroxylation is 1. The van der Waals surface area contributed by atoms with Gasteiger partial charge in [0.05, 0.1) is 0 Å². The Bertz CT molecular complexity index is 307. The summed E-state index contributed by atoms with van der Waals surface area (Å²) in [7, 11) is 0. The van der Waals surface area contributed by atoms with Gasteiger partial charge in [-0.25, -0.2) is 4.79 Å². The molecular weight excluding hydrogens is 152 g/mol. The van der Waals surface area contributed by atoms with E-state index >= 15 is 0 Å². The van der Waals surface area contributed by atoms with E-state index in [-0.39, 0.29) is 0 Å². The maximum Gasteiger partial charge on any atom is 0.316 e. The van der Waals surface area contributed by atoms with Gasteiger partial charge in [-0.15, -0.1) is 0 Å². The number of carbonyl (C=O) groups is 1. The van der Waals surface area contributed by atoms with Crippen LogP contribution in [0.25, 0.3) is 0 Å². The highest BCUT2D eigenvalue weighted by Crippen LogP contribution is 2.17. The van der Waals surface area contributed by atoms with Crippen LogP contribution < -0.4 is 11.1 Å². The Labute approximate surface area is 71.6 Å². The van der Waals surface area contributed by atoms with E-state index in [0.717, 1.165) is 11.1 Å². The summed E-state index contributed by atoms with van der Waals surface area (Å²) in [6.45, 7) is 5.73. The molecule has 0 aliphatic carbocycles. The number of anilines is 1. The maximum absolute atomic E-state index is 10.5. The smallest absolute Gasteiger partial charge is 0.316 e. The third-order valence-corrected chi connectivity index (χ3v) is 1.67. The highest BCUT2D eigenvalue weighted by molar-refractivity contribution is 5.89. The van der Waals surface area contributed by atoms with Crippen LogP contribution in [0.4, 0.5) is 10.5 Å². The lowest BCUT2D eigenvalue weighted by molar-refractivity contribution is 0.259. The maximum atomic E-state index is 10.5. The molecule has 0 atom stereocenters. The summed E-state index contributed by atoms with van der Waals surface area (Å²) in [5.41, 5.74) is 7.47. The summed E-state index contributed by atoms with van der Waals surface area (Å²) in [5.74, 6) is 0. The van der Waals surface area contributed by atoms with Crippen LogP contribution in [0.2, 0.25) is 0 Å². The van der Waals surface area contributed by atoms with Crippen molar-refractivity contribution in [2.75, 3.05) is 5.32 Å². The molecular formula is C9H11N2O. The van der Waals surface area contributed by atoms with Gasteiger partial charge < -0.3 is 11.1 Å². The lowest BCUT2D eigenvalue weighted by Gasteiger charge is -2.07. The molecule has 0 aliphatic rings. The molecule has 1 radical (unpaired) electrons. The van der Waals surface area contributed by atoms with Gasteiger partial charge in [-0.1, -0.05) is 12.1 Å². The molecule has 3 N–H and O–H groups in total. The van der Waals surface area contributed by atoms with Crippen LogP contribution in [0.3, 0.4) is 0 Å². The van der Waals surface area contributed by atoms with Gasteiger partial charge in [0.1, 0.15) is 0 Å². The third-order valence-electron chi connectivity index (χ3n) is 1.67. The molecule has 0 spiro atoms. The second-order valence-corrected chi connectivity index (χ2v) is 2.59. The Hall–Kier alpha value is -1.51. The van der Waals surface area contributed by atoms with Crippen LogP contribution in [0.5, 0.6) is 0 Å².